The summed E-state index contributed by atoms with van der Waals surface area (Å²) in [6.07, 6.45) is 3.80. The Kier molecular flexibility index (Phi) is 10.0. The number of likely N-dealkylation sites (tertiary alicyclic amines) is 1. The van der Waals surface area contributed by atoms with E-state index in [1.165, 1.54) is 5.56 Å². The largest absolute Gasteiger partial charge is 0.358 e. The molecule has 1 aromatic heterocycles. The summed E-state index contributed by atoms with van der Waals surface area (Å²) in [7, 11) is 3.47. The number of halogens is 1. The number of hydrogen-bond donors (Lipinski definition) is 3. The molecule has 3 rings (SSSR count). The second-order valence-corrected chi connectivity index (χ2v) is 7.21. The minimum atomic E-state index is 0. The van der Waals surface area contributed by atoms with E-state index in [1.807, 2.05) is 24.4 Å². The summed E-state index contributed by atoms with van der Waals surface area (Å²) in [6.45, 7) is 2.99. The summed E-state index contributed by atoms with van der Waals surface area (Å²) in [5, 5.41) is 9.60. The fraction of sp³-hybridized carbons (Fsp3) is 0.409. The molecule has 0 aliphatic carbocycles. The fourth-order valence-electron chi connectivity index (χ4n) is 3.47. The lowest BCUT2D eigenvalue weighted by molar-refractivity contribution is -0.122. The molecule has 1 aromatic carbocycles. The molecule has 0 radical (unpaired) electrons. The normalized spacial score (nSPS) is 15.2. The van der Waals surface area contributed by atoms with Gasteiger partial charge in [-0.1, -0.05) is 24.3 Å². The van der Waals surface area contributed by atoms with Gasteiger partial charge < -0.3 is 16.0 Å². The first-order valence-corrected chi connectivity index (χ1v) is 10.1. The summed E-state index contributed by atoms with van der Waals surface area (Å²) >= 11 is 0. The lowest BCUT2D eigenvalue weighted by Gasteiger charge is -2.32. The highest BCUT2D eigenvalue weighted by Crippen LogP contribution is 2.17. The smallest absolute Gasteiger partial charge is 0.233 e. The van der Waals surface area contributed by atoms with Gasteiger partial charge in [0.2, 0.25) is 5.91 Å². The molecule has 3 N–H and O–H groups in total. The number of hydrogen-bond acceptors (Lipinski definition) is 4. The number of carbonyl (C=O) groups is 1. The van der Waals surface area contributed by atoms with Crippen LogP contribution in [0.15, 0.2) is 53.7 Å². The number of likely N-dealkylation sites (N-methyl/N-ethyl adjacent to an activating group) is 1. The zero-order chi connectivity index (χ0) is 20.5. The molecule has 0 atom stereocenters. The van der Waals surface area contributed by atoms with Gasteiger partial charge in [-0.2, -0.15) is 0 Å². The number of nitrogens with zero attached hydrogens (tertiary/aromatic N) is 3. The van der Waals surface area contributed by atoms with Gasteiger partial charge in [0.05, 0.1) is 12.2 Å². The maximum Gasteiger partial charge on any atom is 0.233 e. The van der Waals surface area contributed by atoms with Gasteiger partial charge in [-0.15, -0.1) is 24.0 Å². The van der Waals surface area contributed by atoms with Crippen molar-refractivity contribution >= 4 is 35.8 Å². The van der Waals surface area contributed by atoms with E-state index >= 15 is 0 Å². The number of nitrogens with one attached hydrogen (secondary N) is 3. The van der Waals surface area contributed by atoms with E-state index in [0.29, 0.717) is 19.1 Å². The van der Waals surface area contributed by atoms with E-state index in [4.69, 9.17) is 0 Å². The minimum absolute atomic E-state index is 0. The molecule has 1 aliphatic heterocycles. The highest BCUT2D eigenvalue weighted by atomic mass is 127. The van der Waals surface area contributed by atoms with Crippen LogP contribution in [0.1, 0.15) is 18.4 Å². The van der Waals surface area contributed by atoms with Gasteiger partial charge in [0.1, 0.15) is 0 Å². The molecule has 8 heteroatoms. The van der Waals surface area contributed by atoms with Crippen LogP contribution in [0.2, 0.25) is 0 Å². The molecule has 162 valence electrons. The first-order valence-electron chi connectivity index (χ1n) is 10.1. The molecule has 1 aliphatic rings. The van der Waals surface area contributed by atoms with Crippen LogP contribution < -0.4 is 16.0 Å². The van der Waals surface area contributed by atoms with Crippen molar-refractivity contribution in [3.8, 4) is 11.3 Å². The molecule has 2 heterocycles. The summed E-state index contributed by atoms with van der Waals surface area (Å²) < 4.78 is 0. The topological polar surface area (TPSA) is 81.7 Å². The van der Waals surface area contributed by atoms with Gasteiger partial charge in [0.25, 0.3) is 0 Å². The molecule has 30 heavy (non-hydrogen) atoms. The maximum atomic E-state index is 11.5. The lowest BCUT2D eigenvalue weighted by Crippen LogP contribution is -2.49. The van der Waals surface area contributed by atoms with Crippen molar-refractivity contribution in [3.05, 3.63) is 54.2 Å². The van der Waals surface area contributed by atoms with E-state index in [-0.39, 0.29) is 29.9 Å². The zero-order valence-corrected chi connectivity index (χ0v) is 19.9. The second kappa shape index (κ2) is 12.5. The average molecular weight is 522 g/mol. The highest BCUT2D eigenvalue weighted by Gasteiger charge is 2.21. The van der Waals surface area contributed by atoms with Gasteiger partial charge in [0.15, 0.2) is 5.96 Å². The van der Waals surface area contributed by atoms with Crippen LogP contribution in [0.4, 0.5) is 0 Å². The number of benzene rings is 1. The number of pyridine rings is 1. The van der Waals surface area contributed by atoms with Gasteiger partial charge >= 0.3 is 0 Å². The third-order valence-electron chi connectivity index (χ3n) is 5.15. The van der Waals surface area contributed by atoms with Crippen LogP contribution in [0.25, 0.3) is 11.3 Å². The highest BCUT2D eigenvalue weighted by molar-refractivity contribution is 14.0. The fourth-order valence-corrected chi connectivity index (χ4v) is 3.47. The van der Waals surface area contributed by atoms with E-state index in [2.05, 4.69) is 55.1 Å². The molecule has 7 nitrogen and oxygen atoms in total. The lowest BCUT2D eigenvalue weighted by atomic mass is 10.1. The molecule has 0 bridgehead atoms. The van der Waals surface area contributed by atoms with Crippen LogP contribution in [-0.2, 0) is 11.3 Å². The van der Waals surface area contributed by atoms with Crippen molar-refractivity contribution in [2.75, 3.05) is 33.7 Å². The summed E-state index contributed by atoms with van der Waals surface area (Å²) in [6, 6.07) is 14.7. The number of aliphatic imine (C=N–C) groups is 1. The van der Waals surface area contributed by atoms with Crippen molar-refractivity contribution < 1.29 is 4.79 Å². The Hall–Kier alpha value is -2.20. The Morgan fingerprint density at radius 3 is 2.67 bits per heavy atom. The van der Waals surface area contributed by atoms with Gasteiger partial charge in [-0.05, 0) is 36.6 Å². The Morgan fingerprint density at radius 1 is 1.20 bits per heavy atom. The molecular formula is C22H31IN6O. The number of carbonyl (C=O) groups excluding carboxylic acids is 1. The summed E-state index contributed by atoms with van der Waals surface area (Å²) in [4.78, 5) is 22.5. The van der Waals surface area contributed by atoms with E-state index < -0.39 is 0 Å². The second-order valence-electron chi connectivity index (χ2n) is 7.21. The van der Waals surface area contributed by atoms with Crippen LogP contribution in [0, 0.1) is 0 Å². The predicted molar refractivity (Wildman–Crippen MR) is 132 cm³/mol. The first-order chi connectivity index (χ1) is 14.2. The van der Waals surface area contributed by atoms with Crippen LogP contribution >= 0.6 is 24.0 Å². The number of amides is 1. The number of piperidine rings is 1. The van der Waals surface area contributed by atoms with E-state index in [9.17, 15) is 4.79 Å². The van der Waals surface area contributed by atoms with Crippen molar-refractivity contribution in [2.24, 2.45) is 4.99 Å². The predicted octanol–water partition coefficient (Wildman–Crippen LogP) is 2.24. The number of guanidine groups is 1. The third-order valence-corrected chi connectivity index (χ3v) is 5.15. The minimum Gasteiger partial charge on any atom is -0.358 e. The Morgan fingerprint density at radius 2 is 2.00 bits per heavy atom. The van der Waals surface area contributed by atoms with Crippen LogP contribution in [0.5, 0.6) is 0 Å². The van der Waals surface area contributed by atoms with Crippen molar-refractivity contribution in [2.45, 2.75) is 25.4 Å². The third kappa shape index (κ3) is 7.24. The van der Waals surface area contributed by atoms with E-state index in [1.54, 1.807) is 14.1 Å². The summed E-state index contributed by atoms with van der Waals surface area (Å²) in [5.74, 6) is 0.875. The van der Waals surface area contributed by atoms with Crippen molar-refractivity contribution in [3.63, 3.8) is 0 Å². The Labute approximate surface area is 195 Å². The Balaban J connectivity index is 0.00000320. The van der Waals surface area contributed by atoms with Crippen molar-refractivity contribution in [1.82, 2.24) is 25.8 Å². The summed E-state index contributed by atoms with van der Waals surface area (Å²) in [5.41, 5.74) is 3.26. The quantitative estimate of drug-likeness (QED) is 0.308. The van der Waals surface area contributed by atoms with Crippen molar-refractivity contribution in [1.29, 1.82) is 0 Å². The molecular weight excluding hydrogens is 491 g/mol. The maximum absolute atomic E-state index is 11.5. The molecule has 1 saturated heterocycles. The molecule has 1 amide bonds. The standard InChI is InChI=1S/C22H30N6O.HI/c1-23-21(29)16-28-12-9-19(10-13-28)27-22(24-2)26-15-17-6-5-7-18(14-17)20-8-3-4-11-25-20;/h3-8,11,14,19H,9-10,12-13,15-16H2,1-2H3,(H,23,29)(H2,24,26,27);1H. The average Bonchev–Trinajstić information content (AvgIpc) is 2.78. The Bertz CT molecular complexity index is 821. The van der Waals surface area contributed by atoms with Gasteiger partial charge in [-0.25, -0.2) is 0 Å². The SMILES string of the molecule is CN=C(NCc1cccc(-c2ccccn2)c1)NC1CCN(CC(=O)NC)CC1.I. The molecule has 2 aromatic rings. The monoisotopic (exact) mass is 522 g/mol. The molecule has 0 unspecified atom stereocenters. The van der Waals surface area contributed by atoms with Crippen LogP contribution in [0.3, 0.4) is 0 Å². The molecule has 1 fully saturated rings. The van der Waals surface area contributed by atoms with Gasteiger partial charge in [0, 0.05) is 51.5 Å². The molecule has 0 saturated carbocycles. The van der Waals surface area contributed by atoms with E-state index in [0.717, 1.165) is 43.1 Å². The number of aromatic nitrogens is 1. The van der Waals surface area contributed by atoms with Crippen LogP contribution in [-0.4, -0.2) is 61.5 Å². The zero-order valence-electron chi connectivity index (χ0n) is 17.6. The number of rotatable bonds is 6. The van der Waals surface area contributed by atoms with Gasteiger partial charge in [-0.3, -0.25) is 19.7 Å². The first kappa shape index (κ1) is 24.1. The molecule has 0 spiro atoms.